The fourth-order valence-corrected chi connectivity index (χ4v) is 4.43. The fourth-order valence-electron chi connectivity index (χ4n) is 2.70. The molecule has 0 spiro atoms. The Bertz CT molecular complexity index is 658. The van der Waals surface area contributed by atoms with Gasteiger partial charge in [-0.05, 0) is 50.5 Å². The lowest BCUT2D eigenvalue weighted by molar-refractivity contribution is -0.122. The number of nitrogens with two attached hydrogens (primary N) is 1. The van der Waals surface area contributed by atoms with Gasteiger partial charge >= 0.3 is 0 Å². The molecule has 1 saturated heterocycles. The second kappa shape index (κ2) is 6.66. The maximum atomic E-state index is 12.8. The first-order valence-electron chi connectivity index (χ1n) is 7.39. The van der Waals surface area contributed by atoms with Crippen LogP contribution in [-0.4, -0.2) is 38.3 Å². The molecule has 0 radical (unpaired) electrons. The highest BCUT2D eigenvalue weighted by molar-refractivity contribution is 7.89. The molecule has 1 aliphatic heterocycles. The number of amides is 1. The topological polar surface area (TPSA) is 89.7 Å². The third-order valence-electron chi connectivity index (χ3n) is 3.86. The number of sulfonamides is 1. The summed E-state index contributed by atoms with van der Waals surface area (Å²) in [6, 6.07) is 4.92. The first-order chi connectivity index (χ1) is 10.4. The van der Waals surface area contributed by atoms with E-state index in [2.05, 4.69) is 0 Å². The first-order valence-corrected chi connectivity index (χ1v) is 8.83. The molecule has 1 aromatic rings. The molecule has 1 fully saturated rings. The van der Waals surface area contributed by atoms with Crippen molar-refractivity contribution in [3.8, 4) is 5.75 Å². The standard InChI is InChI=1S/C15H22N2O4S/c1-3-21-13-6-7-14(11(2)9-13)22(19,20)17-8-4-5-12(10-17)15(16)18/h6-7,9,12H,3-5,8,10H2,1-2H3,(H2,16,18)/t12-/m1/s1. The van der Waals surface area contributed by atoms with Gasteiger partial charge in [-0.1, -0.05) is 0 Å². The molecule has 1 heterocycles. The third kappa shape index (κ3) is 3.41. The van der Waals surface area contributed by atoms with E-state index in [1.165, 1.54) is 4.31 Å². The Kier molecular flexibility index (Phi) is 5.08. The van der Waals surface area contributed by atoms with Crippen LogP contribution in [0.2, 0.25) is 0 Å². The zero-order valence-corrected chi connectivity index (χ0v) is 13.7. The maximum absolute atomic E-state index is 12.8. The van der Waals surface area contributed by atoms with E-state index in [0.717, 1.165) is 0 Å². The molecule has 2 N–H and O–H groups in total. The summed E-state index contributed by atoms with van der Waals surface area (Å²) in [6.45, 7) is 4.71. The third-order valence-corrected chi connectivity index (χ3v) is 5.89. The van der Waals surface area contributed by atoms with Crippen LogP contribution in [-0.2, 0) is 14.8 Å². The molecule has 0 saturated carbocycles. The van der Waals surface area contributed by atoms with E-state index in [4.69, 9.17) is 10.5 Å². The van der Waals surface area contributed by atoms with Gasteiger partial charge in [0.2, 0.25) is 15.9 Å². The maximum Gasteiger partial charge on any atom is 0.243 e. The smallest absolute Gasteiger partial charge is 0.243 e. The summed E-state index contributed by atoms with van der Waals surface area (Å²) in [4.78, 5) is 11.6. The SMILES string of the molecule is CCOc1ccc(S(=O)(=O)N2CCC[C@@H](C(N)=O)C2)c(C)c1. The predicted molar refractivity (Wildman–Crippen MR) is 83.0 cm³/mol. The summed E-state index contributed by atoms with van der Waals surface area (Å²) in [5, 5.41) is 0. The van der Waals surface area contributed by atoms with Crippen molar-refractivity contribution in [2.45, 2.75) is 31.6 Å². The number of hydrogen-bond donors (Lipinski definition) is 1. The molecule has 0 aliphatic carbocycles. The van der Waals surface area contributed by atoms with Crippen LogP contribution in [0.5, 0.6) is 5.75 Å². The lowest BCUT2D eigenvalue weighted by Crippen LogP contribution is -2.44. The van der Waals surface area contributed by atoms with E-state index in [1.807, 2.05) is 6.92 Å². The summed E-state index contributed by atoms with van der Waals surface area (Å²) in [6.07, 6.45) is 1.28. The molecule has 1 amide bonds. The lowest BCUT2D eigenvalue weighted by atomic mass is 9.99. The minimum absolute atomic E-state index is 0.157. The van der Waals surface area contributed by atoms with Gasteiger partial charge in [-0.2, -0.15) is 4.31 Å². The van der Waals surface area contributed by atoms with E-state index in [-0.39, 0.29) is 11.4 Å². The summed E-state index contributed by atoms with van der Waals surface area (Å²) in [5.74, 6) is -0.206. The molecule has 0 aromatic heterocycles. The van der Waals surface area contributed by atoms with Gasteiger partial charge in [0.15, 0.2) is 0 Å². The van der Waals surface area contributed by atoms with Crippen molar-refractivity contribution >= 4 is 15.9 Å². The van der Waals surface area contributed by atoms with Gasteiger partial charge in [-0.3, -0.25) is 4.79 Å². The summed E-state index contributed by atoms with van der Waals surface area (Å²) in [7, 11) is -3.62. The van der Waals surface area contributed by atoms with E-state index in [1.54, 1.807) is 25.1 Å². The molecule has 1 aromatic carbocycles. The minimum atomic E-state index is -3.62. The number of aryl methyl sites for hydroxylation is 1. The van der Waals surface area contributed by atoms with Crippen LogP contribution in [0, 0.1) is 12.8 Å². The van der Waals surface area contributed by atoms with Crippen molar-refractivity contribution in [1.82, 2.24) is 4.31 Å². The number of rotatable bonds is 5. The van der Waals surface area contributed by atoms with Crippen molar-refractivity contribution in [2.24, 2.45) is 11.7 Å². The number of carbonyl (C=O) groups is 1. The number of carbonyl (C=O) groups excluding carboxylic acids is 1. The van der Waals surface area contributed by atoms with Crippen LogP contribution in [0.25, 0.3) is 0 Å². The van der Waals surface area contributed by atoms with Crippen LogP contribution in [0.1, 0.15) is 25.3 Å². The molecule has 6 nitrogen and oxygen atoms in total. The molecule has 0 unspecified atom stereocenters. The molecule has 2 rings (SSSR count). The highest BCUT2D eigenvalue weighted by Crippen LogP contribution is 2.27. The highest BCUT2D eigenvalue weighted by atomic mass is 32.2. The van der Waals surface area contributed by atoms with Crippen molar-refractivity contribution in [1.29, 1.82) is 0 Å². The van der Waals surface area contributed by atoms with E-state index < -0.39 is 21.8 Å². The Morgan fingerprint density at radius 3 is 2.77 bits per heavy atom. The van der Waals surface area contributed by atoms with Gasteiger partial charge in [0.05, 0.1) is 17.4 Å². The van der Waals surface area contributed by atoms with Crippen LogP contribution in [0.4, 0.5) is 0 Å². The number of primary amides is 1. The second-order valence-electron chi connectivity index (χ2n) is 5.46. The normalized spacial score (nSPS) is 19.8. The van der Waals surface area contributed by atoms with Crippen molar-refractivity contribution in [3.05, 3.63) is 23.8 Å². The number of nitrogens with zero attached hydrogens (tertiary/aromatic N) is 1. The first kappa shape index (κ1) is 16.8. The van der Waals surface area contributed by atoms with Gasteiger partial charge in [0, 0.05) is 13.1 Å². The summed E-state index contributed by atoms with van der Waals surface area (Å²) < 4.78 is 32.3. The molecular weight excluding hydrogens is 304 g/mol. The van der Waals surface area contributed by atoms with Crippen LogP contribution in [0.3, 0.4) is 0 Å². The summed E-state index contributed by atoms with van der Waals surface area (Å²) >= 11 is 0. The zero-order valence-electron chi connectivity index (χ0n) is 12.9. The monoisotopic (exact) mass is 326 g/mol. The largest absolute Gasteiger partial charge is 0.494 e. The average Bonchev–Trinajstić information content (AvgIpc) is 2.47. The van der Waals surface area contributed by atoms with Crippen molar-refractivity contribution in [2.75, 3.05) is 19.7 Å². The van der Waals surface area contributed by atoms with Crippen LogP contribution >= 0.6 is 0 Å². The Morgan fingerprint density at radius 2 is 2.18 bits per heavy atom. The zero-order chi connectivity index (χ0) is 16.3. The highest BCUT2D eigenvalue weighted by Gasteiger charge is 2.33. The van der Waals surface area contributed by atoms with Gasteiger partial charge in [-0.15, -0.1) is 0 Å². The molecule has 7 heteroatoms. The Balaban J connectivity index is 2.28. The van der Waals surface area contributed by atoms with Crippen molar-refractivity contribution < 1.29 is 17.9 Å². The number of hydrogen-bond acceptors (Lipinski definition) is 4. The fraction of sp³-hybridized carbons (Fsp3) is 0.533. The number of ether oxygens (including phenoxy) is 1. The molecule has 22 heavy (non-hydrogen) atoms. The quantitative estimate of drug-likeness (QED) is 0.882. The lowest BCUT2D eigenvalue weighted by Gasteiger charge is -2.30. The van der Waals surface area contributed by atoms with Crippen LogP contribution < -0.4 is 10.5 Å². The molecular formula is C15H22N2O4S. The molecule has 122 valence electrons. The molecule has 1 atom stereocenters. The van der Waals surface area contributed by atoms with Crippen molar-refractivity contribution in [3.63, 3.8) is 0 Å². The second-order valence-corrected chi connectivity index (χ2v) is 7.37. The molecule has 1 aliphatic rings. The van der Waals surface area contributed by atoms with Gasteiger partial charge in [0.1, 0.15) is 5.75 Å². The summed E-state index contributed by atoms with van der Waals surface area (Å²) in [5.41, 5.74) is 5.95. The Hall–Kier alpha value is -1.60. The van der Waals surface area contributed by atoms with Gasteiger partial charge in [-0.25, -0.2) is 8.42 Å². The predicted octanol–water partition coefficient (Wildman–Crippen LogP) is 1.28. The van der Waals surface area contributed by atoms with Crippen LogP contribution in [0.15, 0.2) is 23.1 Å². The average molecular weight is 326 g/mol. The Morgan fingerprint density at radius 1 is 1.45 bits per heavy atom. The van der Waals surface area contributed by atoms with E-state index in [0.29, 0.717) is 37.3 Å². The van der Waals surface area contributed by atoms with E-state index in [9.17, 15) is 13.2 Å². The van der Waals surface area contributed by atoms with Gasteiger partial charge in [0.25, 0.3) is 0 Å². The molecule has 0 bridgehead atoms. The minimum Gasteiger partial charge on any atom is -0.494 e. The Labute approximate surface area is 131 Å². The van der Waals surface area contributed by atoms with E-state index >= 15 is 0 Å². The number of piperidine rings is 1. The number of benzene rings is 1. The van der Waals surface area contributed by atoms with Gasteiger partial charge < -0.3 is 10.5 Å².